The highest BCUT2D eigenvalue weighted by atomic mass is 79.9. The Hall–Kier alpha value is -0.740. The topological polar surface area (TPSA) is 30.5 Å². The molecule has 4 heteroatoms. The first-order valence-electron chi connectivity index (χ1n) is 6.80. The van der Waals surface area contributed by atoms with Crippen LogP contribution in [0.2, 0.25) is 0 Å². The fourth-order valence-corrected chi connectivity index (χ4v) is 3.59. The van der Waals surface area contributed by atoms with Crippen LogP contribution in [0.3, 0.4) is 0 Å². The standard InChI is InChI=1S/C15H22BrNO2/c1-10-14(18-2)11(9-13(16)15(10)19-3)8-12-6-4-5-7-17-12/h9,12,17H,4-8H2,1-3H3. The van der Waals surface area contributed by atoms with Gasteiger partial charge in [-0.2, -0.15) is 0 Å². The molecule has 0 saturated carbocycles. The van der Waals surface area contributed by atoms with Gasteiger partial charge in [0.1, 0.15) is 11.5 Å². The molecular formula is C15H22BrNO2. The smallest absolute Gasteiger partial charge is 0.139 e. The monoisotopic (exact) mass is 327 g/mol. The van der Waals surface area contributed by atoms with E-state index in [0.717, 1.165) is 34.5 Å². The van der Waals surface area contributed by atoms with E-state index in [4.69, 9.17) is 9.47 Å². The van der Waals surface area contributed by atoms with Gasteiger partial charge in [0.2, 0.25) is 0 Å². The number of hydrogen-bond donors (Lipinski definition) is 1. The van der Waals surface area contributed by atoms with E-state index in [9.17, 15) is 0 Å². The lowest BCUT2D eigenvalue weighted by molar-refractivity contribution is 0.371. The van der Waals surface area contributed by atoms with E-state index in [1.54, 1.807) is 14.2 Å². The van der Waals surface area contributed by atoms with Crippen LogP contribution in [0.1, 0.15) is 30.4 Å². The van der Waals surface area contributed by atoms with Gasteiger partial charge in [0.15, 0.2) is 0 Å². The highest BCUT2D eigenvalue weighted by molar-refractivity contribution is 9.10. The molecule has 2 rings (SSSR count). The molecular weight excluding hydrogens is 306 g/mol. The maximum absolute atomic E-state index is 5.59. The average Bonchev–Trinajstić information content (AvgIpc) is 2.40. The summed E-state index contributed by atoms with van der Waals surface area (Å²) < 4.78 is 12.0. The van der Waals surface area contributed by atoms with E-state index in [1.165, 1.54) is 24.8 Å². The van der Waals surface area contributed by atoms with Crippen LogP contribution in [0.5, 0.6) is 11.5 Å². The summed E-state index contributed by atoms with van der Waals surface area (Å²) in [5.41, 5.74) is 2.30. The van der Waals surface area contributed by atoms with Crippen molar-refractivity contribution in [1.82, 2.24) is 5.32 Å². The zero-order valence-electron chi connectivity index (χ0n) is 11.9. The molecule has 0 spiro atoms. The number of ether oxygens (including phenoxy) is 2. The van der Waals surface area contributed by atoms with Crippen molar-refractivity contribution in [3.63, 3.8) is 0 Å². The summed E-state index contributed by atoms with van der Waals surface area (Å²) in [7, 11) is 3.42. The van der Waals surface area contributed by atoms with Gasteiger partial charge in [-0.25, -0.2) is 0 Å². The third kappa shape index (κ3) is 3.23. The van der Waals surface area contributed by atoms with E-state index >= 15 is 0 Å². The minimum absolute atomic E-state index is 0.558. The summed E-state index contributed by atoms with van der Waals surface area (Å²) in [4.78, 5) is 0. The quantitative estimate of drug-likeness (QED) is 0.918. The predicted molar refractivity (Wildman–Crippen MR) is 81.3 cm³/mol. The summed E-state index contributed by atoms with van der Waals surface area (Å²) in [6.07, 6.45) is 4.85. The molecule has 1 aliphatic heterocycles. The normalized spacial score (nSPS) is 19.3. The molecule has 0 aliphatic carbocycles. The lowest BCUT2D eigenvalue weighted by Gasteiger charge is -2.25. The first-order valence-corrected chi connectivity index (χ1v) is 7.60. The molecule has 0 aromatic heterocycles. The van der Waals surface area contributed by atoms with E-state index in [2.05, 4.69) is 27.3 Å². The fraction of sp³-hybridized carbons (Fsp3) is 0.600. The fourth-order valence-electron chi connectivity index (χ4n) is 2.86. The second-order valence-electron chi connectivity index (χ2n) is 5.06. The summed E-state index contributed by atoms with van der Waals surface area (Å²) >= 11 is 3.59. The van der Waals surface area contributed by atoms with Crippen molar-refractivity contribution in [3.8, 4) is 11.5 Å². The Morgan fingerprint density at radius 3 is 2.58 bits per heavy atom. The Balaban J connectivity index is 2.28. The molecule has 1 aliphatic rings. The molecule has 0 radical (unpaired) electrons. The van der Waals surface area contributed by atoms with Gasteiger partial charge in [0.25, 0.3) is 0 Å². The second kappa shape index (κ2) is 6.62. The summed E-state index contributed by atoms with van der Waals surface area (Å²) in [6, 6.07) is 2.68. The minimum Gasteiger partial charge on any atom is -0.496 e. The first-order chi connectivity index (χ1) is 9.17. The molecule has 1 aromatic rings. The van der Waals surface area contributed by atoms with Crippen molar-refractivity contribution >= 4 is 15.9 Å². The zero-order chi connectivity index (χ0) is 13.8. The molecule has 1 atom stereocenters. The third-order valence-corrected chi connectivity index (χ3v) is 4.37. The van der Waals surface area contributed by atoms with Crippen molar-refractivity contribution in [2.45, 2.75) is 38.6 Å². The number of rotatable bonds is 4. The minimum atomic E-state index is 0.558. The van der Waals surface area contributed by atoms with E-state index in [-0.39, 0.29) is 0 Å². The largest absolute Gasteiger partial charge is 0.496 e. The Morgan fingerprint density at radius 2 is 2.00 bits per heavy atom. The molecule has 1 unspecified atom stereocenters. The SMILES string of the molecule is COc1c(Br)cc(CC2CCCCN2)c(OC)c1C. The number of hydrogen-bond acceptors (Lipinski definition) is 3. The van der Waals surface area contributed by atoms with Gasteiger partial charge < -0.3 is 14.8 Å². The second-order valence-corrected chi connectivity index (χ2v) is 5.91. The third-order valence-electron chi connectivity index (χ3n) is 3.78. The number of nitrogens with one attached hydrogen (secondary N) is 1. The van der Waals surface area contributed by atoms with Gasteiger partial charge in [0.05, 0.1) is 18.7 Å². The van der Waals surface area contributed by atoms with Crippen molar-refractivity contribution in [2.75, 3.05) is 20.8 Å². The molecule has 19 heavy (non-hydrogen) atoms. The van der Waals surface area contributed by atoms with E-state index in [1.807, 2.05) is 6.92 Å². The molecule has 3 nitrogen and oxygen atoms in total. The summed E-state index contributed by atoms with van der Waals surface area (Å²) in [5.74, 6) is 1.81. The molecule has 1 fully saturated rings. The van der Waals surface area contributed by atoms with Crippen LogP contribution in [0.15, 0.2) is 10.5 Å². The van der Waals surface area contributed by atoms with Gasteiger partial charge in [-0.05, 0) is 60.3 Å². The maximum atomic E-state index is 5.59. The van der Waals surface area contributed by atoms with Crippen LogP contribution < -0.4 is 14.8 Å². The highest BCUT2D eigenvalue weighted by Crippen LogP contribution is 2.38. The van der Waals surface area contributed by atoms with Crippen LogP contribution in [0.25, 0.3) is 0 Å². The van der Waals surface area contributed by atoms with Crippen LogP contribution >= 0.6 is 15.9 Å². The van der Waals surface area contributed by atoms with Crippen molar-refractivity contribution < 1.29 is 9.47 Å². The van der Waals surface area contributed by atoms with Gasteiger partial charge >= 0.3 is 0 Å². The van der Waals surface area contributed by atoms with E-state index in [0.29, 0.717) is 6.04 Å². The molecule has 1 heterocycles. The van der Waals surface area contributed by atoms with Crippen LogP contribution in [0.4, 0.5) is 0 Å². The zero-order valence-corrected chi connectivity index (χ0v) is 13.5. The molecule has 1 saturated heterocycles. The Morgan fingerprint density at radius 1 is 1.26 bits per heavy atom. The average molecular weight is 328 g/mol. The predicted octanol–water partition coefficient (Wildman–Crippen LogP) is 3.46. The van der Waals surface area contributed by atoms with E-state index < -0.39 is 0 Å². The lowest BCUT2D eigenvalue weighted by atomic mass is 9.96. The molecule has 0 amide bonds. The van der Waals surface area contributed by atoms with Crippen LogP contribution in [-0.4, -0.2) is 26.8 Å². The number of halogens is 1. The molecule has 1 N–H and O–H groups in total. The number of piperidine rings is 1. The molecule has 0 bridgehead atoms. The number of benzene rings is 1. The highest BCUT2D eigenvalue weighted by Gasteiger charge is 2.19. The van der Waals surface area contributed by atoms with Gasteiger partial charge in [-0.3, -0.25) is 0 Å². The number of methoxy groups -OCH3 is 2. The van der Waals surface area contributed by atoms with Gasteiger partial charge in [-0.1, -0.05) is 6.42 Å². The summed E-state index contributed by atoms with van der Waals surface area (Å²) in [6.45, 7) is 3.17. The maximum Gasteiger partial charge on any atom is 0.139 e. The van der Waals surface area contributed by atoms with Crippen molar-refractivity contribution in [3.05, 3.63) is 21.7 Å². The van der Waals surface area contributed by atoms with Crippen LogP contribution in [0, 0.1) is 6.92 Å². The molecule has 106 valence electrons. The van der Waals surface area contributed by atoms with Crippen LogP contribution in [-0.2, 0) is 6.42 Å². The Bertz CT molecular complexity index is 442. The first kappa shape index (κ1) is 14.7. The Kier molecular flexibility index (Phi) is 5.11. The van der Waals surface area contributed by atoms with Gasteiger partial charge in [0, 0.05) is 11.6 Å². The lowest BCUT2D eigenvalue weighted by Crippen LogP contribution is -2.35. The van der Waals surface area contributed by atoms with Crippen molar-refractivity contribution in [1.29, 1.82) is 0 Å². The van der Waals surface area contributed by atoms with Gasteiger partial charge in [-0.15, -0.1) is 0 Å². The molecule has 1 aromatic carbocycles. The summed E-state index contributed by atoms with van der Waals surface area (Å²) in [5, 5.41) is 3.58. The Labute approximate surface area is 123 Å². The van der Waals surface area contributed by atoms with Crippen molar-refractivity contribution in [2.24, 2.45) is 0 Å².